The Kier molecular flexibility index (Phi) is 5.76. The zero-order chi connectivity index (χ0) is 19.4. The van der Waals surface area contributed by atoms with E-state index in [1.165, 1.54) is 0 Å². The number of aliphatic hydroxyl groups is 1. The molecule has 142 valence electrons. The molecular formula is C21H24N2O4. The standard InChI is InChI=1S/C21H24N2O4/c1-13(2)12-17-19(24)18(21(26)23-17)20(25)22-14-8-10-16(11-9-14)27-15-6-4-3-5-7-15/h3-11,13,17-19,24H,12H2,1-2H3,(H,22,25)(H,23,26). The van der Waals surface area contributed by atoms with E-state index in [9.17, 15) is 14.7 Å². The average Bonchev–Trinajstić information content (AvgIpc) is 2.90. The number of hydrogen-bond acceptors (Lipinski definition) is 4. The molecule has 6 heteroatoms. The van der Waals surface area contributed by atoms with E-state index in [4.69, 9.17) is 4.74 Å². The lowest BCUT2D eigenvalue weighted by Crippen LogP contribution is -2.36. The van der Waals surface area contributed by atoms with Gasteiger partial charge in [-0.25, -0.2) is 0 Å². The second-order valence-electron chi connectivity index (χ2n) is 7.14. The molecule has 3 rings (SSSR count). The van der Waals surface area contributed by atoms with Crippen LogP contribution in [0, 0.1) is 11.8 Å². The van der Waals surface area contributed by atoms with Crippen LogP contribution in [-0.2, 0) is 9.59 Å². The molecule has 0 radical (unpaired) electrons. The molecule has 2 aromatic carbocycles. The summed E-state index contributed by atoms with van der Waals surface area (Å²) in [7, 11) is 0. The Labute approximate surface area is 158 Å². The SMILES string of the molecule is CC(C)CC1NC(=O)C(C(=O)Nc2ccc(Oc3ccccc3)cc2)C1O. The highest BCUT2D eigenvalue weighted by molar-refractivity contribution is 6.08. The minimum atomic E-state index is -1.10. The number of anilines is 1. The van der Waals surface area contributed by atoms with Crippen LogP contribution < -0.4 is 15.4 Å². The molecule has 2 amide bonds. The van der Waals surface area contributed by atoms with E-state index in [-0.39, 0.29) is 0 Å². The summed E-state index contributed by atoms with van der Waals surface area (Å²) in [6.45, 7) is 4.01. The van der Waals surface area contributed by atoms with Crippen LogP contribution in [0.15, 0.2) is 54.6 Å². The van der Waals surface area contributed by atoms with Gasteiger partial charge in [-0.05, 0) is 48.7 Å². The Hall–Kier alpha value is -2.86. The van der Waals surface area contributed by atoms with Crippen molar-refractivity contribution in [1.82, 2.24) is 5.32 Å². The van der Waals surface area contributed by atoms with E-state index >= 15 is 0 Å². The number of hydrogen-bond donors (Lipinski definition) is 3. The molecule has 0 spiro atoms. The van der Waals surface area contributed by atoms with E-state index in [1.807, 2.05) is 44.2 Å². The summed E-state index contributed by atoms with van der Waals surface area (Å²) in [4.78, 5) is 24.6. The first kappa shape index (κ1) is 18.9. The zero-order valence-electron chi connectivity index (χ0n) is 15.4. The molecule has 1 heterocycles. The summed E-state index contributed by atoms with van der Waals surface area (Å²) >= 11 is 0. The van der Waals surface area contributed by atoms with Gasteiger partial charge in [-0.2, -0.15) is 0 Å². The molecule has 0 aliphatic carbocycles. The lowest BCUT2D eigenvalue weighted by Gasteiger charge is -2.18. The number of rotatable bonds is 6. The smallest absolute Gasteiger partial charge is 0.239 e. The summed E-state index contributed by atoms with van der Waals surface area (Å²) in [5.41, 5.74) is 0.535. The monoisotopic (exact) mass is 368 g/mol. The van der Waals surface area contributed by atoms with Crippen molar-refractivity contribution in [3.05, 3.63) is 54.6 Å². The second-order valence-corrected chi connectivity index (χ2v) is 7.14. The maximum atomic E-state index is 12.5. The Balaban J connectivity index is 1.61. The predicted molar refractivity (Wildman–Crippen MR) is 102 cm³/mol. The highest BCUT2D eigenvalue weighted by atomic mass is 16.5. The molecule has 6 nitrogen and oxygen atoms in total. The van der Waals surface area contributed by atoms with Crippen molar-refractivity contribution in [1.29, 1.82) is 0 Å². The predicted octanol–water partition coefficient (Wildman–Crippen LogP) is 2.94. The number of benzene rings is 2. The van der Waals surface area contributed by atoms with Crippen LogP contribution in [-0.4, -0.2) is 29.1 Å². The number of amides is 2. The average molecular weight is 368 g/mol. The summed E-state index contributed by atoms with van der Waals surface area (Å²) in [5.74, 6) is -0.387. The molecular weight excluding hydrogens is 344 g/mol. The first-order valence-electron chi connectivity index (χ1n) is 9.06. The number of carbonyl (C=O) groups is 2. The Morgan fingerprint density at radius 3 is 2.37 bits per heavy atom. The van der Waals surface area contributed by atoms with Gasteiger partial charge in [0.05, 0.1) is 12.1 Å². The maximum absolute atomic E-state index is 12.5. The Bertz CT molecular complexity index is 790. The number of para-hydroxylation sites is 1. The van der Waals surface area contributed by atoms with Gasteiger partial charge < -0.3 is 20.5 Å². The molecule has 0 aromatic heterocycles. The van der Waals surface area contributed by atoms with E-state index in [0.717, 1.165) is 5.75 Å². The highest BCUT2D eigenvalue weighted by Gasteiger charge is 2.45. The third-order valence-corrected chi connectivity index (χ3v) is 4.47. The molecule has 3 unspecified atom stereocenters. The lowest BCUT2D eigenvalue weighted by atomic mass is 9.94. The van der Waals surface area contributed by atoms with Crippen LogP contribution in [0.25, 0.3) is 0 Å². The van der Waals surface area contributed by atoms with E-state index in [0.29, 0.717) is 23.8 Å². The van der Waals surface area contributed by atoms with Crippen molar-refractivity contribution >= 4 is 17.5 Å². The van der Waals surface area contributed by atoms with Crippen LogP contribution in [0.5, 0.6) is 11.5 Å². The van der Waals surface area contributed by atoms with Crippen molar-refractivity contribution < 1.29 is 19.4 Å². The van der Waals surface area contributed by atoms with Crippen LogP contribution >= 0.6 is 0 Å². The molecule has 2 aromatic rings. The fourth-order valence-corrected chi connectivity index (χ4v) is 3.18. The van der Waals surface area contributed by atoms with Gasteiger partial charge in [0, 0.05) is 5.69 Å². The minimum absolute atomic E-state index is 0.309. The molecule has 0 saturated carbocycles. The van der Waals surface area contributed by atoms with Crippen molar-refractivity contribution in [3.63, 3.8) is 0 Å². The van der Waals surface area contributed by atoms with Crippen molar-refractivity contribution in [2.75, 3.05) is 5.32 Å². The quantitative estimate of drug-likeness (QED) is 0.684. The normalized spacial score (nSPS) is 21.8. The lowest BCUT2D eigenvalue weighted by molar-refractivity contribution is -0.132. The van der Waals surface area contributed by atoms with Crippen molar-refractivity contribution in [2.24, 2.45) is 11.8 Å². The first-order valence-corrected chi connectivity index (χ1v) is 9.06. The third kappa shape index (κ3) is 4.65. The molecule has 1 aliphatic heterocycles. The summed E-state index contributed by atoms with van der Waals surface area (Å²) in [6, 6.07) is 15.8. The molecule has 3 N–H and O–H groups in total. The fourth-order valence-electron chi connectivity index (χ4n) is 3.18. The van der Waals surface area contributed by atoms with Gasteiger partial charge in [0.2, 0.25) is 11.8 Å². The molecule has 0 bridgehead atoms. The minimum Gasteiger partial charge on any atom is -0.457 e. The van der Waals surface area contributed by atoms with Crippen molar-refractivity contribution in [2.45, 2.75) is 32.4 Å². The third-order valence-electron chi connectivity index (χ3n) is 4.47. The van der Waals surface area contributed by atoms with Gasteiger partial charge in [0.25, 0.3) is 0 Å². The van der Waals surface area contributed by atoms with Crippen LogP contribution in [0.1, 0.15) is 20.3 Å². The fraction of sp³-hybridized carbons (Fsp3) is 0.333. The number of carbonyl (C=O) groups excluding carboxylic acids is 2. The molecule has 27 heavy (non-hydrogen) atoms. The number of ether oxygens (including phenoxy) is 1. The molecule has 1 aliphatic rings. The van der Waals surface area contributed by atoms with Gasteiger partial charge >= 0.3 is 0 Å². The summed E-state index contributed by atoms with van der Waals surface area (Å²) < 4.78 is 5.71. The summed E-state index contributed by atoms with van der Waals surface area (Å²) in [5, 5.41) is 15.8. The van der Waals surface area contributed by atoms with E-state index in [1.54, 1.807) is 24.3 Å². The molecule has 3 atom stereocenters. The van der Waals surface area contributed by atoms with Gasteiger partial charge in [-0.3, -0.25) is 9.59 Å². The molecule has 1 fully saturated rings. The Morgan fingerprint density at radius 2 is 1.74 bits per heavy atom. The van der Waals surface area contributed by atoms with E-state index < -0.39 is 29.9 Å². The largest absolute Gasteiger partial charge is 0.457 e. The highest BCUT2D eigenvalue weighted by Crippen LogP contribution is 2.25. The summed E-state index contributed by atoms with van der Waals surface area (Å²) in [6.07, 6.45) is -0.400. The topological polar surface area (TPSA) is 87.7 Å². The first-order chi connectivity index (χ1) is 12.9. The van der Waals surface area contributed by atoms with Crippen molar-refractivity contribution in [3.8, 4) is 11.5 Å². The molecule has 1 saturated heterocycles. The maximum Gasteiger partial charge on any atom is 0.239 e. The van der Waals surface area contributed by atoms with Gasteiger partial charge in [-0.1, -0.05) is 32.0 Å². The van der Waals surface area contributed by atoms with Crippen LogP contribution in [0.4, 0.5) is 5.69 Å². The van der Waals surface area contributed by atoms with Crippen LogP contribution in [0.2, 0.25) is 0 Å². The van der Waals surface area contributed by atoms with Gasteiger partial charge in [0.1, 0.15) is 17.4 Å². The van der Waals surface area contributed by atoms with E-state index in [2.05, 4.69) is 10.6 Å². The second kappa shape index (κ2) is 8.22. The Morgan fingerprint density at radius 1 is 1.11 bits per heavy atom. The number of aliphatic hydroxyl groups excluding tert-OH is 1. The zero-order valence-corrected chi connectivity index (χ0v) is 15.4. The number of nitrogens with one attached hydrogen (secondary N) is 2. The van der Waals surface area contributed by atoms with Gasteiger partial charge in [0.15, 0.2) is 0 Å². The van der Waals surface area contributed by atoms with Crippen LogP contribution in [0.3, 0.4) is 0 Å². The van der Waals surface area contributed by atoms with Gasteiger partial charge in [-0.15, -0.1) is 0 Å².